The van der Waals surface area contributed by atoms with Gasteiger partial charge in [0.25, 0.3) is 0 Å². The van der Waals surface area contributed by atoms with Crippen LogP contribution in [0.25, 0.3) is 0 Å². The summed E-state index contributed by atoms with van der Waals surface area (Å²) in [6.45, 7) is 4.72. The third-order valence-corrected chi connectivity index (χ3v) is 4.81. The van der Waals surface area contributed by atoms with Crippen molar-refractivity contribution in [2.24, 2.45) is 0 Å². The quantitative estimate of drug-likeness (QED) is 0.866. The summed E-state index contributed by atoms with van der Waals surface area (Å²) in [5.74, 6) is 6.17. The number of aliphatic hydroxyl groups excluding tert-OH is 1. The van der Waals surface area contributed by atoms with E-state index < -0.39 is 0 Å². The van der Waals surface area contributed by atoms with Gasteiger partial charge in [-0.3, -0.25) is 4.90 Å². The van der Waals surface area contributed by atoms with Crippen LogP contribution in [0.1, 0.15) is 24.5 Å². The van der Waals surface area contributed by atoms with Gasteiger partial charge in [0.1, 0.15) is 12.4 Å². The molecular weight excluding hydrogens is 273 g/mol. The number of nitrogens with zero attached hydrogens (tertiary/aromatic N) is 1. The van der Waals surface area contributed by atoms with Crippen LogP contribution >= 0.6 is 11.8 Å². The fraction of sp³-hybridized carbons (Fsp3) is 0.500. The van der Waals surface area contributed by atoms with E-state index in [0.29, 0.717) is 17.4 Å². The van der Waals surface area contributed by atoms with Gasteiger partial charge < -0.3 is 5.11 Å². The monoisotopic (exact) mass is 293 g/mol. The first kappa shape index (κ1) is 15.4. The lowest BCUT2D eigenvalue weighted by Crippen LogP contribution is -2.37. The second-order valence-corrected chi connectivity index (χ2v) is 6.31. The summed E-state index contributed by atoms with van der Waals surface area (Å²) in [4.78, 5) is 2.32. The average molecular weight is 293 g/mol. The molecule has 0 saturated carbocycles. The molecule has 2 rings (SSSR count). The van der Waals surface area contributed by atoms with Crippen LogP contribution in [0.3, 0.4) is 0 Å². The number of hydrogen-bond acceptors (Lipinski definition) is 3. The van der Waals surface area contributed by atoms with Crippen molar-refractivity contribution in [1.82, 2.24) is 4.90 Å². The van der Waals surface area contributed by atoms with Crippen LogP contribution in [0.4, 0.5) is 4.39 Å². The maximum atomic E-state index is 14.0. The molecule has 0 aliphatic carbocycles. The van der Waals surface area contributed by atoms with E-state index in [9.17, 15) is 4.39 Å². The molecular formula is C16H20FNOS. The van der Waals surface area contributed by atoms with Crippen LogP contribution in [0, 0.1) is 17.7 Å². The molecule has 0 spiro atoms. The van der Waals surface area contributed by atoms with Gasteiger partial charge in [-0.2, -0.15) is 11.8 Å². The van der Waals surface area contributed by atoms with Gasteiger partial charge in [-0.25, -0.2) is 4.39 Å². The Kier molecular flexibility index (Phi) is 5.90. The SMILES string of the molecule is CCC1CN(Cc2ccc(C#CCO)cc2F)CCS1. The lowest BCUT2D eigenvalue weighted by atomic mass is 10.1. The van der Waals surface area contributed by atoms with E-state index in [1.165, 1.54) is 12.5 Å². The van der Waals surface area contributed by atoms with Gasteiger partial charge in [0.15, 0.2) is 0 Å². The minimum atomic E-state index is -0.207. The Labute approximate surface area is 124 Å². The van der Waals surface area contributed by atoms with Crippen LogP contribution < -0.4 is 0 Å². The number of halogens is 1. The van der Waals surface area contributed by atoms with E-state index in [4.69, 9.17) is 5.11 Å². The van der Waals surface area contributed by atoms with Gasteiger partial charge in [-0.1, -0.05) is 24.8 Å². The number of rotatable bonds is 3. The Morgan fingerprint density at radius 1 is 1.50 bits per heavy atom. The molecule has 20 heavy (non-hydrogen) atoms. The fourth-order valence-corrected chi connectivity index (χ4v) is 3.56. The molecule has 0 amide bonds. The Bertz CT molecular complexity index is 509. The van der Waals surface area contributed by atoms with Gasteiger partial charge in [0.2, 0.25) is 0 Å². The molecule has 0 radical (unpaired) electrons. The minimum absolute atomic E-state index is 0.201. The van der Waals surface area contributed by atoms with Crippen LogP contribution in [-0.2, 0) is 6.54 Å². The summed E-state index contributed by atoms with van der Waals surface area (Å²) in [5.41, 5.74) is 1.34. The highest BCUT2D eigenvalue weighted by molar-refractivity contribution is 8.00. The first-order valence-electron chi connectivity index (χ1n) is 6.95. The van der Waals surface area contributed by atoms with Crippen LogP contribution in [0.2, 0.25) is 0 Å². The molecule has 0 bridgehead atoms. The number of benzene rings is 1. The van der Waals surface area contributed by atoms with Crippen molar-refractivity contribution in [2.75, 3.05) is 25.4 Å². The molecule has 1 fully saturated rings. The van der Waals surface area contributed by atoms with E-state index >= 15 is 0 Å². The predicted octanol–water partition coefficient (Wildman–Crippen LogP) is 2.50. The average Bonchev–Trinajstić information content (AvgIpc) is 2.48. The molecule has 1 aliphatic heterocycles. The lowest BCUT2D eigenvalue weighted by molar-refractivity contribution is 0.269. The van der Waals surface area contributed by atoms with Crippen molar-refractivity contribution >= 4 is 11.8 Å². The van der Waals surface area contributed by atoms with Crippen molar-refractivity contribution in [3.8, 4) is 11.8 Å². The Morgan fingerprint density at radius 3 is 3.05 bits per heavy atom. The molecule has 1 unspecified atom stereocenters. The maximum absolute atomic E-state index is 14.0. The second-order valence-electron chi connectivity index (χ2n) is 4.90. The summed E-state index contributed by atoms with van der Waals surface area (Å²) in [7, 11) is 0. The highest BCUT2D eigenvalue weighted by Gasteiger charge is 2.19. The first-order chi connectivity index (χ1) is 9.72. The van der Waals surface area contributed by atoms with Gasteiger partial charge in [0, 0.05) is 41.8 Å². The second kappa shape index (κ2) is 7.68. The van der Waals surface area contributed by atoms with E-state index in [2.05, 4.69) is 23.7 Å². The summed E-state index contributed by atoms with van der Waals surface area (Å²) in [5, 5.41) is 9.31. The number of aliphatic hydroxyl groups is 1. The Hall–Kier alpha value is -1.02. The summed E-state index contributed by atoms with van der Waals surface area (Å²) >= 11 is 2.02. The minimum Gasteiger partial charge on any atom is -0.384 e. The number of hydrogen-bond donors (Lipinski definition) is 1. The van der Waals surface area contributed by atoms with E-state index in [-0.39, 0.29) is 12.4 Å². The van der Waals surface area contributed by atoms with E-state index in [0.717, 1.165) is 24.4 Å². The summed E-state index contributed by atoms with van der Waals surface area (Å²) in [6, 6.07) is 5.07. The molecule has 1 aliphatic rings. The standard InChI is InChI=1S/C16H20FNOS/c1-2-15-12-18(7-9-20-15)11-14-6-5-13(4-3-8-19)10-16(14)17/h5-6,10,15,19H,2,7-9,11-12H2,1H3. The van der Waals surface area contributed by atoms with Gasteiger partial charge in [-0.05, 0) is 18.6 Å². The van der Waals surface area contributed by atoms with Crippen LogP contribution in [0.15, 0.2) is 18.2 Å². The molecule has 1 atom stereocenters. The molecule has 2 nitrogen and oxygen atoms in total. The van der Waals surface area contributed by atoms with E-state index in [1.807, 2.05) is 17.8 Å². The molecule has 1 aromatic carbocycles. The number of thioether (sulfide) groups is 1. The zero-order valence-electron chi connectivity index (χ0n) is 11.7. The lowest BCUT2D eigenvalue weighted by Gasteiger charge is -2.31. The third kappa shape index (κ3) is 4.24. The normalized spacial score (nSPS) is 19.4. The van der Waals surface area contributed by atoms with Crippen molar-refractivity contribution in [2.45, 2.75) is 25.1 Å². The van der Waals surface area contributed by atoms with E-state index in [1.54, 1.807) is 6.07 Å². The van der Waals surface area contributed by atoms with Crippen molar-refractivity contribution in [1.29, 1.82) is 0 Å². The first-order valence-corrected chi connectivity index (χ1v) is 8.00. The summed E-state index contributed by atoms with van der Waals surface area (Å²) in [6.07, 6.45) is 1.17. The van der Waals surface area contributed by atoms with Crippen molar-refractivity contribution < 1.29 is 9.50 Å². The van der Waals surface area contributed by atoms with Gasteiger partial charge in [-0.15, -0.1) is 0 Å². The van der Waals surface area contributed by atoms with Crippen molar-refractivity contribution in [3.05, 3.63) is 35.1 Å². The topological polar surface area (TPSA) is 23.5 Å². The summed E-state index contributed by atoms with van der Waals surface area (Å²) < 4.78 is 14.0. The molecule has 1 saturated heterocycles. The maximum Gasteiger partial charge on any atom is 0.128 e. The Morgan fingerprint density at radius 2 is 2.35 bits per heavy atom. The van der Waals surface area contributed by atoms with Gasteiger partial charge in [0.05, 0.1) is 0 Å². The zero-order valence-corrected chi connectivity index (χ0v) is 12.5. The highest BCUT2D eigenvalue weighted by atomic mass is 32.2. The molecule has 108 valence electrons. The molecule has 4 heteroatoms. The zero-order chi connectivity index (χ0) is 14.4. The molecule has 1 N–H and O–H groups in total. The largest absolute Gasteiger partial charge is 0.384 e. The molecule has 0 aromatic heterocycles. The van der Waals surface area contributed by atoms with Gasteiger partial charge >= 0.3 is 0 Å². The van der Waals surface area contributed by atoms with Crippen molar-refractivity contribution in [3.63, 3.8) is 0 Å². The smallest absolute Gasteiger partial charge is 0.128 e. The third-order valence-electron chi connectivity index (χ3n) is 3.44. The fourth-order valence-electron chi connectivity index (χ4n) is 2.31. The van der Waals surface area contributed by atoms with Crippen LogP contribution in [-0.4, -0.2) is 40.7 Å². The highest BCUT2D eigenvalue weighted by Crippen LogP contribution is 2.23. The molecule has 1 heterocycles. The van der Waals surface area contributed by atoms with Crippen LogP contribution in [0.5, 0.6) is 0 Å². The molecule has 1 aromatic rings. The Balaban J connectivity index is 2.02. The predicted molar refractivity (Wildman–Crippen MR) is 82.2 cm³/mol.